The number of nitrogens with one attached hydrogen (secondary N) is 1. The third-order valence-corrected chi connectivity index (χ3v) is 2.18. The van der Waals surface area contributed by atoms with Crippen molar-refractivity contribution >= 4 is 17.3 Å². The SMILES string of the molecule is CCOC(=O)/C(C#N)=C\Nc1ccc([N+](=O)[O-])cc1O. The van der Waals surface area contributed by atoms with Crippen molar-refractivity contribution in [1.82, 2.24) is 0 Å². The highest BCUT2D eigenvalue weighted by atomic mass is 16.6. The standard InChI is InChI=1S/C12H11N3O5/c1-2-20-12(17)8(6-13)7-14-10-4-3-9(15(18)19)5-11(10)16/h3-5,7,14,16H,2H2,1H3/b8-7-. The number of phenols is 1. The normalized spacial score (nSPS) is 10.5. The Kier molecular flexibility index (Phi) is 5.05. The number of aromatic hydroxyl groups is 1. The first-order chi connectivity index (χ1) is 9.49. The van der Waals surface area contributed by atoms with Crippen LogP contribution in [0.5, 0.6) is 5.75 Å². The van der Waals surface area contributed by atoms with Gasteiger partial charge in [0, 0.05) is 12.3 Å². The summed E-state index contributed by atoms with van der Waals surface area (Å²) in [6.45, 7) is 1.73. The maximum atomic E-state index is 11.3. The first-order valence-electron chi connectivity index (χ1n) is 5.51. The van der Waals surface area contributed by atoms with E-state index in [2.05, 4.69) is 10.1 Å². The largest absolute Gasteiger partial charge is 0.506 e. The first kappa shape index (κ1) is 15.0. The molecular weight excluding hydrogens is 266 g/mol. The maximum Gasteiger partial charge on any atom is 0.350 e. The molecule has 0 radical (unpaired) electrons. The molecule has 1 aromatic rings. The van der Waals surface area contributed by atoms with Crippen LogP contribution in [0.3, 0.4) is 0 Å². The molecule has 0 aromatic heterocycles. The molecule has 0 saturated carbocycles. The Labute approximate surface area is 114 Å². The van der Waals surface area contributed by atoms with Crippen LogP contribution in [0.2, 0.25) is 0 Å². The highest BCUT2D eigenvalue weighted by Gasteiger charge is 2.12. The number of hydrogen-bond acceptors (Lipinski definition) is 7. The van der Waals surface area contributed by atoms with Crippen molar-refractivity contribution < 1.29 is 19.6 Å². The van der Waals surface area contributed by atoms with Crippen LogP contribution in [-0.4, -0.2) is 22.6 Å². The molecule has 1 aromatic carbocycles. The number of phenolic OH excluding ortho intramolecular Hbond substituents is 1. The van der Waals surface area contributed by atoms with Gasteiger partial charge in [0.2, 0.25) is 0 Å². The van der Waals surface area contributed by atoms with Gasteiger partial charge in [0.1, 0.15) is 11.8 Å². The summed E-state index contributed by atoms with van der Waals surface area (Å²) in [4.78, 5) is 21.2. The van der Waals surface area contributed by atoms with E-state index < -0.39 is 10.9 Å². The van der Waals surface area contributed by atoms with E-state index in [1.165, 1.54) is 12.1 Å². The van der Waals surface area contributed by atoms with Crippen molar-refractivity contribution in [2.45, 2.75) is 6.92 Å². The molecule has 20 heavy (non-hydrogen) atoms. The van der Waals surface area contributed by atoms with Gasteiger partial charge >= 0.3 is 5.97 Å². The average molecular weight is 277 g/mol. The fourth-order valence-electron chi connectivity index (χ4n) is 1.25. The number of carbonyl (C=O) groups excluding carboxylic acids is 1. The maximum absolute atomic E-state index is 11.3. The molecule has 2 N–H and O–H groups in total. The molecular formula is C12H11N3O5. The van der Waals surface area contributed by atoms with E-state index >= 15 is 0 Å². The molecule has 1 rings (SSSR count). The lowest BCUT2D eigenvalue weighted by Gasteiger charge is -2.04. The van der Waals surface area contributed by atoms with E-state index in [1.807, 2.05) is 0 Å². The van der Waals surface area contributed by atoms with E-state index in [4.69, 9.17) is 5.26 Å². The summed E-state index contributed by atoms with van der Waals surface area (Å²) < 4.78 is 4.64. The molecule has 0 fully saturated rings. The lowest BCUT2D eigenvalue weighted by atomic mass is 10.2. The minimum Gasteiger partial charge on any atom is -0.506 e. The Balaban J connectivity index is 2.91. The van der Waals surface area contributed by atoms with E-state index in [-0.39, 0.29) is 29.3 Å². The van der Waals surface area contributed by atoms with Gasteiger partial charge in [0.25, 0.3) is 5.69 Å². The number of nitrogens with zero attached hydrogens (tertiary/aromatic N) is 2. The summed E-state index contributed by atoms with van der Waals surface area (Å²) in [5.74, 6) is -1.18. The molecule has 0 saturated heterocycles. The van der Waals surface area contributed by atoms with Gasteiger partial charge in [0.05, 0.1) is 23.3 Å². The van der Waals surface area contributed by atoms with Gasteiger partial charge in [-0.2, -0.15) is 5.26 Å². The molecule has 0 bridgehead atoms. The van der Waals surface area contributed by atoms with Crippen LogP contribution in [0, 0.1) is 21.4 Å². The predicted octanol–water partition coefficient (Wildman–Crippen LogP) is 1.68. The zero-order valence-corrected chi connectivity index (χ0v) is 10.5. The molecule has 8 nitrogen and oxygen atoms in total. The highest BCUT2D eigenvalue weighted by molar-refractivity contribution is 5.93. The summed E-state index contributed by atoms with van der Waals surface area (Å²) in [5.41, 5.74) is -0.444. The van der Waals surface area contributed by atoms with E-state index in [1.54, 1.807) is 13.0 Å². The Morgan fingerprint density at radius 1 is 1.65 bits per heavy atom. The molecule has 0 spiro atoms. The first-order valence-corrected chi connectivity index (χ1v) is 5.51. The van der Waals surface area contributed by atoms with Gasteiger partial charge in [0.15, 0.2) is 5.57 Å². The fraction of sp³-hybridized carbons (Fsp3) is 0.167. The summed E-state index contributed by atoms with van der Waals surface area (Å²) >= 11 is 0. The van der Waals surface area contributed by atoms with Crippen LogP contribution in [0.15, 0.2) is 30.0 Å². The number of esters is 1. The van der Waals surface area contributed by atoms with Crippen LogP contribution in [-0.2, 0) is 9.53 Å². The summed E-state index contributed by atoms with van der Waals surface area (Å²) in [7, 11) is 0. The second-order valence-corrected chi connectivity index (χ2v) is 3.49. The quantitative estimate of drug-likeness (QED) is 0.209. The second kappa shape index (κ2) is 6.75. The topological polar surface area (TPSA) is 125 Å². The minimum absolute atomic E-state index is 0.118. The van der Waals surface area contributed by atoms with Crippen molar-refractivity contribution in [3.8, 4) is 11.8 Å². The molecule has 0 heterocycles. The van der Waals surface area contributed by atoms with Crippen LogP contribution >= 0.6 is 0 Å². The van der Waals surface area contributed by atoms with Gasteiger partial charge in [-0.3, -0.25) is 10.1 Å². The monoisotopic (exact) mass is 277 g/mol. The van der Waals surface area contributed by atoms with Crippen molar-refractivity contribution in [1.29, 1.82) is 5.26 Å². The smallest absolute Gasteiger partial charge is 0.350 e. The van der Waals surface area contributed by atoms with Gasteiger partial charge in [-0.15, -0.1) is 0 Å². The lowest BCUT2D eigenvalue weighted by molar-refractivity contribution is -0.384. The van der Waals surface area contributed by atoms with Crippen LogP contribution < -0.4 is 5.32 Å². The molecule has 0 atom stereocenters. The minimum atomic E-state index is -0.802. The zero-order chi connectivity index (χ0) is 15.1. The Hall–Kier alpha value is -3.08. The molecule has 0 amide bonds. The van der Waals surface area contributed by atoms with Gasteiger partial charge in [-0.1, -0.05) is 0 Å². The Morgan fingerprint density at radius 3 is 2.85 bits per heavy atom. The van der Waals surface area contributed by atoms with E-state index in [9.17, 15) is 20.0 Å². The predicted molar refractivity (Wildman–Crippen MR) is 68.7 cm³/mol. The highest BCUT2D eigenvalue weighted by Crippen LogP contribution is 2.27. The molecule has 8 heteroatoms. The number of non-ortho nitro benzene ring substituents is 1. The number of hydrogen-bond donors (Lipinski definition) is 2. The summed E-state index contributed by atoms with van der Waals surface area (Å²) in [5, 5.41) is 31.4. The molecule has 0 aliphatic carbocycles. The molecule has 0 aliphatic heterocycles. The number of nitro benzene ring substituents is 1. The average Bonchev–Trinajstić information content (AvgIpc) is 2.41. The van der Waals surface area contributed by atoms with E-state index in [0.717, 1.165) is 12.3 Å². The Morgan fingerprint density at radius 2 is 2.35 bits per heavy atom. The number of benzene rings is 1. The van der Waals surface area contributed by atoms with Crippen LogP contribution in [0.1, 0.15) is 6.92 Å². The van der Waals surface area contributed by atoms with E-state index in [0.29, 0.717) is 0 Å². The number of carbonyl (C=O) groups is 1. The molecule has 0 unspecified atom stereocenters. The van der Waals surface area contributed by atoms with Crippen molar-refractivity contribution in [2.75, 3.05) is 11.9 Å². The van der Waals surface area contributed by atoms with Crippen molar-refractivity contribution in [3.63, 3.8) is 0 Å². The number of nitro groups is 1. The van der Waals surface area contributed by atoms with Gasteiger partial charge in [-0.25, -0.2) is 4.79 Å². The third-order valence-electron chi connectivity index (χ3n) is 2.18. The molecule has 0 aliphatic rings. The summed E-state index contributed by atoms with van der Waals surface area (Å²) in [6.07, 6.45) is 1.05. The number of ether oxygens (including phenoxy) is 1. The number of rotatable bonds is 5. The van der Waals surface area contributed by atoms with Crippen molar-refractivity contribution in [3.05, 3.63) is 40.1 Å². The lowest BCUT2D eigenvalue weighted by Crippen LogP contribution is -2.07. The number of anilines is 1. The Bertz CT molecular complexity index is 604. The number of nitriles is 1. The van der Waals surface area contributed by atoms with Crippen LogP contribution in [0.4, 0.5) is 11.4 Å². The fourth-order valence-corrected chi connectivity index (χ4v) is 1.25. The molecule has 104 valence electrons. The zero-order valence-electron chi connectivity index (χ0n) is 10.5. The van der Waals surface area contributed by atoms with Gasteiger partial charge in [-0.05, 0) is 13.0 Å². The van der Waals surface area contributed by atoms with Crippen LogP contribution in [0.25, 0.3) is 0 Å². The van der Waals surface area contributed by atoms with Crippen molar-refractivity contribution in [2.24, 2.45) is 0 Å². The third kappa shape index (κ3) is 3.71. The second-order valence-electron chi connectivity index (χ2n) is 3.49. The van der Waals surface area contributed by atoms with Gasteiger partial charge < -0.3 is 15.2 Å². The summed E-state index contributed by atoms with van der Waals surface area (Å²) in [6, 6.07) is 5.02.